The fraction of sp³-hybridized carbons (Fsp3) is 1.00. The molecule has 7 heteroatoms. The van der Waals surface area contributed by atoms with Crippen LogP contribution in [0.2, 0.25) is 0 Å². The van der Waals surface area contributed by atoms with Crippen LogP contribution in [0.4, 0.5) is 0 Å². The van der Waals surface area contributed by atoms with E-state index in [1.807, 2.05) is 0 Å². The standard InChI is InChI=1S/C10H22N3O4/c11-1-2-12-3-4-13-6-7-5-8(14)9(15)10(16)17-7/h7-10,12-15H,1-6,11H2/q-1. The van der Waals surface area contributed by atoms with Gasteiger partial charge in [0, 0.05) is 45.4 Å². The Morgan fingerprint density at radius 3 is 2.59 bits per heavy atom. The second kappa shape index (κ2) is 7.93. The Morgan fingerprint density at radius 1 is 1.24 bits per heavy atom. The van der Waals surface area contributed by atoms with Crippen molar-refractivity contribution < 1.29 is 20.1 Å². The van der Waals surface area contributed by atoms with Crippen molar-refractivity contribution in [2.45, 2.75) is 31.0 Å². The SMILES string of the molecule is NCCNCCNCC1CC(O)C(O)C([O-])O1. The third kappa shape index (κ3) is 5.26. The molecular formula is C10H22N3O4-. The van der Waals surface area contributed by atoms with E-state index in [0.29, 0.717) is 13.1 Å². The fourth-order valence-corrected chi connectivity index (χ4v) is 1.71. The van der Waals surface area contributed by atoms with Gasteiger partial charge in [0.25, 0.3) is 0 Å². The van der Waals surface area contributed by atoms with Gasteiger partial charge >= 0.3 is 0 Å². The molecule has 4 unspecified atom stereocenters. The molecule has 17 heavy (non-hydrogen) atoms. The van der Waals surface area contributed by atoms with Crippen molar-refractivity contribution in [2.75, 3.05) is 32.7 Å². The predicted molar refractivity (Wildman–Crippen MR) is 60.1 cm³/mol. The molecule has 102 valence electrons. The van der Waals surface area contributed by atoms with E-state index in [0.717, 1.165) is 19.6 Å². The first kappa shape index (κ1) is 14.8. The number of hydrogen-bond acceptors (Lipinski definition) is 7. The van der Waals surface area contributed by atoms with E-state index in [4.69, 9.17) is 10.5 Å². The first-order valence-electron chi connectivity index (χ1n) is 5.94. The maximum Gasteiger partial charge on any atom is 0.0910 e. The highest BCUT2D eigenvalue weighted by Crippen LogP contribution is 2.16. The molecule has 7 nitrogen and oxygen atoms in total. The Bertz CT molecular complexity index is 196. The zero-order chi connectivity index (χ0) is 12.7. The first-order chi connectivity index (χ1) is 8.15. The lowest BCUT2D eigenvalue weighted by atomic mass is 10.0. The summed E-state index contributed by atoms with van der Waals surface area (Å²) < 4.78 is 5.03. The molecule has 1 aliphatic rings. The molecule has 0 aromatic rings. The van der Waals surface area contributed by atoms with Crippen LogP contribution in [0.3, 0.4) is 0 Å². The summed E-state index contributed by atoms with van der Waals surface area (Å²) in [6.07, 6.45) is -3.93. The van der Waals surface area contributed by atoms with Crippen LogP contribution in [0.1, 0.15) is 6.42 Å². The van der Waals surface area contributed by atoms with E-state index in [1.54, 1.807) is 0 Å². The van der Waals surface area contributed by atoms with Crippen molar-refractivity contribution in [3.05, 3.63) is 0 Å². The molecule has 1 saturated heterocycles. The minimum absolute atomic E-state index is 0.281. The Labute approximate surface area is 101 Å². The normalized spacial score (nSPS) is 33.9. The van der Waals surface area contributed by atoms with E-state index >= 15 is 0 Å². The third-order valence-electron chi connectivity index (χ3n) is 2.68. The van der Waals surface area contributed by atoms with E-state index < -0.39 is 18.5 Å². The van der Waals surface area contributed by atoms with Crippen molar-refractivity contribution in [3.63, 3.8) is 0 Å². The molecule has 1 rings (SSSR count). The maximum atomic E-state index is 11.2. The summed E-state index contributed by atoms with van der Waals surface area (Å²) in [7, 11) is 0. The molecule has 4 atom stereocenters. The van der Waals surface area contributed by atoms with Gasteiger partial charge < -0.3 is 36.4 Å². The first-order valence-corrected chi connectivity index (χ1v) is 5.94. The molecule has 1 fully saturated rings. The van der Waals surface area contributed by atoms with Gasteiger partial charge in [-0.05, 0) is 0 Å². The van der Waals surface area contributed by atoms with Crippen molar-refractivity contribution in [2.24, 2.45) is 5.73 Å². The van der Waals surface area contributed by atoms with Gasteiger partial charge in [0.2, 0.25) is 0 Å². The molecule has 0 amide bonds. The monoisotopic (exact) mass is 248 g/mol. The van der Waals surface area contributed by atoms with E-state index in [9.17, 15) is 15.3 Å². The zero-order valence-corrected chi connectivity index (χ0v) is 9.84. The van der Waals surface area contributed by atoms with E-state index in [2.05, 4.69) is 10.6 Å². The van der Waals surface area contributed by atoms with Crippen LogP contribution in [0.25, 0.3) is 0 Å². The van der Waals surface area contributed by atoms with Crippen molar-refractivity contribution in [1.29, 1.82) is 0 Å². The van der Waals surface area contributed by atoms with Crippen molar-refractivity contribution in [3.8, 4) is 0 Å². The summed E-state index contributed by atoms with van der Waals surface area (Å²) in [6, 6.07) is 0. The van der Waals surface area contributed by atoms with Crippen LogP contribution in [0.5, 0.6) is 0 Å². The van der Waals surface area contributed by atoms with Gasteiger partial charge in [-0.1, -0.05) is 0 Å². The summed E-state index contributed by atoms with van der Waals surface area (Å²) in [5, 5.41) is 36.0. The highest BCUT2D eigenvalue weighted by atomic mass is 16.6. The summed E-state index contributed by atoms with van der Waals surface area (Å²) in [4.78, 5) is 0. The van der Waals surface area contributed by atoms with Gasteiger partial charge in [0.1, 0.15) is 0 Å². The quantitative estimate of drug-likeness (QED) is 0.294. The minimum atomic E-state index is -1.55. The number of hydrogen-bond donors (Lipinski definition) is 5. The number of nitrogens with one attached hydrogen (secondary N) is 2. The molecule has 0 bridgehead atoms. The average molecular weight is 248 g/mol. The van der Waals surface area contributed by atoms with Crippen LogP contribution in [0.15, 0.2) is 0 Å². The van der Waals surface area contributed by atoms with Crippen LogP contribution < -0.4 is 21.5 Å². The van der Waals surface area contributed by atoms with Gasteiger partial charge in [0.15, 0.2) is 0 Å². The molecule has 1 heterocycles. The summed E-state index contributed by atoms with van der Waals surface area (Å²) >= 11 is 0. The average Bonchev–Trinajstić information content (AvgIpc) is 2.30. The summed E-state index contributed by atoms with van der Waals surface area (Å²) in [5.41, 5.74) is 5.31. The van der Waals surface area contributed by atoms with Crippen LogP contribution in [0, 0.1) is 0 Å². The van der Waals surface area contributed by atoms with Gasteiger partial charge in [-0.15, -0.1) is 0 Å². The molecule has 0 spiro atoms. The zero-order valence-electron chi connectivity index (χ0n) is 9.84. The molecular weight excluding hydrogens is 226 g/mol. The molecule has 6 N–H and O–H groups in total. The Balaban J connectivity index is 2.07. The number of ether oxygens (including phenoxy) is 1. The van der Waals surface area contributed by atoms with Crippen molar-refractivity contribution >= 4 is 0 Å². The highest BCUT2D eigenvalue weighted by Gasteiger charge is 2.30. The topological polar surface area (TPSA) is 123 Å². The third-order valence-corrected chi connectivity index (χ3v) is 2.68. The summed E-state index contributed by atoms with van der Waals surface area (Å²) in [5.74, 6) is 0. The lowest BCUT2D eigenvalue weighted by molar-refractivity contribution is -0.526. The Kier molecular flexibility index (Phi) is 6.90. The fourth-order valence-electron chi connectivity index (χ4n) is 1.71. The summed E-state index contributed by atoms with van der Waals surface area (Å²) in [6.45, 7) is 3.40. The number of rotatable bonds is 7. The second-order valence-corrected chi connectivity index (χ2v) is 4.16. The molecule has 1 aliphatic heterocycles. The Morgan fingerprint density at radius 2 is 1.94 bits per heavy atom. The molecule has 0 radical (unpaired) electrons. The van der Waals surface area contributed by atoms with Crippen LogP contribution in [-0.2, 0) is 4.74 Å². The van der Waals surface area contributed by atoms with Crippen LogP contribution >= 0.6 is 0 Å². The number of nitrogens with two attached hydrogens (primary N) is 1. The van der Waals surface area contributed by atoms with Crippen LogP contribution in [-0.4, -0.2) is 67.5 Å². The molecule has 0 aromatic carbocycles. The van der Waals surface area contributed by atoms with Crippen molar-refractivity contribution in [1.82, 2.24) is 10.6 Å². The van der Waals surface area contributed by atoms with E-state index in [1.165, 1.54) is 0 Å². The van der Waals surface area contributed by atoms with E-state index in [-0.39, 0.29) is 12.5 Å². The highest BCUT2D eigenvalue weighted by molar-refractivity contribution is 4.80. The Hall–Kier alpha value is -0.280. The minimum Gasteiger partial charge on any atom is -0.829 e. The lowest BCUT2D eigenvalue weighted by Crippen LogP contribution is -2.56. The van der Waals surface area contributed by atoms with Gasteiger partial charge in [-0.2, -0.15) is 0 Å². The molecule has 0 aromatic heterocycles. The number of aliphatic hydroxyl groups excluding tert-OH is 2. The lowest BCUT2D eigenvalue weighted by Gasteiger charge is -2.41. The molecule has 0 saturated carbocycles. The van der Waals surface area contributed by atoms with Gasteiger partial charge in [0.05, 0.1) is 18.3 Å². The largest absolute Gasteiger partial charge is 0.829 e. The second-order valence-electron chi connectivity index (χ2n) is 4.16. The number of aliphatic hydroxyl groups is 2. The van der Waals surface area contributed by atoms with Gasteiger partial charge in [-0.25, -0.2) is 0 Å². The maximum absolute atomic E-state index is 11.2. The predicted octanol–water partition coefficient (Wildman–Crippen LogP) is -3.68. The molecule has 0 aliphatic carbocycles. The smallest absolute Gasteiger partial charge is 0.0910 e. The van der Waals surface area contributed by atoms with Gasteiger partial charge in [-0.3, -0.25) is 0 Å².